The summed E-state index contributed by atoms with van der Waals surface area (Å²) in [6.45, 7) is 10.6. The Kier molecular flexibility index (Phi) is 4.95. The van der Waals surface area contributed by atoms with Crippen LogP contribution in [-0.2, 0) is 6.54 Å². The Labute approximate surface area is 104 Å². The van der Waals surface area contributed by atoms with Gasteiger partial charge in [0.2, 0.25) is 0 Å². The number of benzene rings is 1. The Hall–Kier alpha value is -1.57. The number of nitrogens with one attached hydrogen (secondary N) is 1. The lowest BCUT2D eigenvalue weighted by molar-refractivity contribution is 0.0968. The summed E-state index contributed by atoms with van der Waals surface area (Å²) in [4.78, 5) is 11.8. The van der Waals surface area contributed by atoms with E-state index in [2.05, 4.69) is 25.7 Å². The summed E-state index contributed by atoms with van der Waals surface area (Å²) in [7, 11) is 0. The molecule has 0 saturated carbocycles. The molecule has 0 spiro atoms. The Bertz CT molecular complexity index is 390. The molecule has 2 heteroatoms. The highest BCUT2D eigenvalue weighted by atomic mass is 16.1. The molecule has 1 N–H and O–H groups in total. The van der Waals surface area contributed by atoms with E-state index in [1.54, 1.807) is 0 Å². The molecule has 0 aliphatic carbocycles. The van der Waals surface area contributed by atoms with Gasteiger partial charge in [-0.2, -0.15) is 0 Å². The minimum absolute atomic E-state index is 0.222. The second kappa shape index (κ2) is 6.24. The van der Waals surface area contributed by atoms with E-state index in [1.807, 2.05) is 31.2 Å². The number of rotatable bonds is 6. The van der Waals surface area contributed by atoms with Gasteiger partial charge in [-0.15, -0.1) is 0 Å². The second-order valence-electron chi connectivity index (χ2n) is 4.85. The van der Waals surface area contributed by atoms with Gasteiger partial charge < -0.3 is 5.32 Å². The lowest BCUT2D eigenvalue weighted by atomic mass is 10.0. The van der Waals surface area contributed by atoms with Crippen LogP contribution >= 0.6 is 0 Å². The monoisotopic (exact) mass is 231 g/mol. The molecule has 0 radical (unpaired) electrons. The molecule has 0 aromatic heterocycles. The van der Waals surface area contributed by atoms with Gasteiger partial charge in [-0.3, -0.25) is 4.79 Å². The van der Waals surface area contributed by atoms with Crippen molar-refractivity contribution >= 4 is 5.78 Å². The fourth-order valence-electron chi connectivity index (χ4n) is 1.55. The van der Waals surface area contributed by atoms with Crippen LogP contribution in [0, 0.1) is 5.92 Å². The third-order valence-corrected chi connectivity index (χ3v) is 2.46. The molecule has 0 bridgehead atoms. The lowest BCUT2D eigenvalue weighted by Crippen LogP contribution is -2.09. The molecule has 0 heterocycles. The summed E-state index contributed by atoms with van der Waals surface area (Å²) in [6, 6.07) is 7.79. The van der Waals surface area contributed by atoms with Gasteiger partial charge >= 0.3 is 0 Å². The number of hydrogen-bond donors (Lipinski definition) is 1. The molecule has 0 atom stereocenters. The van der Waals surface area contributed by atoms with Gasteiger partial charge in [-0.25, -0.2) is 0 Å². The summed E-state index contributed by atoms with van der Waals surface area (Å²) in [5.74, 6) is 0.631. The van der Waals surface area contributed by atoms with E-state index in [-0.39, 0.29) is 5.78 Å². The summed E-state index contributed by atoms with van der Waals surface area (Å²) in [6.07, 6.45) is 0.614. The molecule has 1 aromatic rings. The normalized spacial score (nSPS) is 10.4. The minimum Gasteiger partial charge on any atom is -0.385 e. The molecule has 0 amide bonds. The maximum atomic E-state index is 11.8. The van der Waals surface area contributed by atoms with Gasteiger partial charge in [0, 0.05) is 24.2 Å². The standard InChI is InChI=1S/C15H21NO/c1-11(2)9-15(17)14-7-5-13(6-8-14)10-16-12(3)4/h5-8,11,16H,3,9-10H2,1-2,4H3. The fourth-order valence-corrected chi connectivity index (χ4v) is 1.55. The lowest BCUT2D eigenvalue weighted by Gasteiger charge is -2.07. The number of Topliss-reactive ketones (excluding diaryl/α,β-unsaturated/α-hetero) is 1. The van der Waals surface area contributed by atoms with Gasteiger partial charge in [0.1, 0.15) is 0 Å². The zero-order valence-electron chi connectivity index (χ0n) is 10.9. The van der Waals surface area contributed by atoms with Crippen LogP contribution in [0.25, 0.3) is 0 Å². The maximum Gasteiger partial charge on any atom is 0.163 e. The van der Waals surface area contributed by atoms with E-state index in [1.165, 1.54) is 0 Å². The van der Waals surface area contributed by atoms with Crippen molar-refractivity contribution in [1.29, 1.82) is 0 Å². The van der Waals surface area contributed by atoms with Crippen molar-refractivity contribution in [3.05, 3.63) is 47.7 Å². The van der Waals surface area contributed by atoms with Crippen molar-refractivity contribution in [2.75, 3.05) is 0 Å². The predicted molar refractivity (Wildman–Crippen MR) is 71.9 cm³/mol. The highest BCUT2D eigenvalue weighted by Gasteiger charge is 2.07. The van der Waals surface area contributed by atoms with Gasteiger partial charge in [-0.1, -0.05) is 44.7 Å². The molecule has 0 fully saturated rings. The van der Waals surface area contributed by atoms with E-state index in [0.717, 1.165) is 23.4 Å². The molecule has 1 aromatic carbocycles. The Morgan fingerprint density at radius 2 is 1.88 bits per heavy atom. The summed E-state index contributed by atoms with van der Waals surface area (Å²) in [5, 5.41) is 3.16. The molecular weight excluding hydrogens is 210 g/mol. The van der Waals surface area contributed by atoms with Gasteiger partial charge in [0.15, 0.2) is 5.78 Å². The maximum absolute atomic E-state index is 11.8. The van der Waals surface area contributed by atoms with Crippen LogP contribution in [-0.4, -0.2) is 5.78 Å². The average molecular weight is 231 g/mol. The van der Waals surface area contributed by atoms with Crippen LogP contribution in [0.2, 0.25) is 0 Å². The topological polar surface area (TPSA) is 29.1 Å². The summed E-state index contributed by atoms with van der Waals surface area (Å²) >= 11 is 0. The Morgan fingerprint density at radius 1 is 1.29 bits per heavy atom. The van der Waals surface area contributed by atoms with Gasteiger partial charge in [0.25, 0.3) is 0 Å². The largest absolute Gasteiger partial charge is 0.385 e. The molecule has 0 unspecified atom stereocenters. The van der Waals surface area contributed by atoms with E-state index < -0.39 is 0 Å². The zero-order chi connectivity index (χ0) is 12.8. The second-order valence-corrected chi connectivity index (χ2v) is 4.85. The van der Waals surface area contributed by atoms with Crippen molar-refractivity contribution in [2.45, 2.75) is 33.7 Å². The molecule has 0 saturated heterocycles. The smallest absolute Gasteiger partial charge is 0.163 e. The van der Waals surface area contributed by atoms with E-state index in [4.69, 9.17) is 0 Å². The van der Waals surface area contributed by atoms with Crippen molar-refractivity contribution < 1.29 is 4.79 Å². The van der Waals surface area contributed by atoms with Crippen LogP contribution in [0.3, 0.4) is 0 Å². The molecule has 17 heavy (non-hydrogen) atoms. The summed E-state index contributed by atoms with van der Waals surface area (Å²) < 4.78 is 0. The molecular formula is C15H21NO. The van der Waals surface area contributed by atoms with Gasteiger partial charge in [-0.05, 0) is 18.4 Å². The van der Waals surface area contributed by atoms with Crippen molar-refractivity contribution in [3.63, 3.8) is 0 Å². The van der Waals surface area contributed by atoms with Crippen LogP contribution in [0.4, 0.5) is 0 Å². The van der Waals surface area contributed by atoms with E-state index in [9.17, 15) is 4.79 Å². The quantitative estimate of drug-likeness (QED) is 0.759. The molecule has 92 valence electrons. The van der Waals surface area contributed by atoms with Crippen LogP contribution in [0.15, 0.2) is 36.5 Å². The number of ketones is 1. The zero-order valence-corrected chi connectivity index (χ0v) is 10.9. The first-order chi connectivity index (χ1) is 7.99. The molecule has 0 aliphatic heterocycles. The average Bonchev–Trinajstić information content (AvgIpc) is 2.26. The van der Waals surface area contributed by atoms with Crippen LogP contribution in [0.5, 0.6) is 0 Å². The number of hydrogen-bond acceptors (Lipinski definition) is 2. The first kappa shape index (κ1) is 13.5. The highest BCUT2D eigenvalue weighted by Crippen LogP contribution is 2.11. The molecule has 1 rings (SSSR count). The fraction of sp³-hybridized carbons (Fsp3) is 0.400. The number of carbonyl (C=O) groups excluding carboxylic acids is 1. The first-order valence-electron chi connectivity index (χ1n) is 6.00. The van der Waals surface area contributed by atoms with Gasteiger partial charge in [0.05, 0.1) is 0 Å². The molecule has 2 nitrogen and oxygen atoms in total. The van der Waals surface area contributed by atoms with Crippen LogP contribution in [0.1, 0.15) is 43.1 Å². The summed E-state index contributed by atoms with van der Waals surface area (Å²) in [5.41, 5.74) is 2.91. The van der Waals surface area contributed by atoms with Crippen molar-refractivity contribution in [3.8, 4) is 0 Å². The molecule has 0 aliphatic rings. The highest BCUT2D eigenvalue weighted by molar-refractivity contribution is 5.96. The third-order valence-electron chi connectivity index (χ3n) is 2.46. The van der Waals surface area contributed by atoms with Crippen molar-refractivity contribution in [1.82, 2.24) is 5.32 Å². The van der Waals surface area contributed by atoms with E-state index in [0.29, 0.717) is 12.3 Å². The van der Waals surface area contributed by atoms with E-state index >= 15 is 0 Å². The SMILES string of the molecule is C=C(C)NCc1ccc(C(=O)CC(C)C)cc1. The minimum atomic E-state index is 0.222. The number of allylic oxidation sites excluding steroid dienone is 1. The van der Waals surface area contributed by atoms with Crippen molar-refractivity contribution in [2.24, 2.45) is 5.92 Å². The Morgan fingerprint density at radius 3 is 2.35 bits per heavy atom. The predicted octanol–water partition coefficient (Wildman–Crippen LogP) is 3.54. The third kappa shape index (κ3) is 4.85. The van der Waals surface area contributed by atoms with Crippen LogP contribution < -0.4 is 5.32 Å². The number of carbonyl (C=O) groups is 1. The first-order valence-corrected chi connectivity index (χ1v) is 6.00. The Balaban J connectivity index is 2.61.